The molecule has 8 nitrogen and oxygen atoms in total. The minimum Gasteiger partial charge on any atom is -0.451 e. The predicted molar refractivity (Wildman–Crippen MR) is 103 cm³/mol. The summed E-state index contributed by atoms with van der Waals surface area (Å²) in [5.74, 6) is 0.692. The number of para-hydroxylation sites is 1. The molecule has 1 amide bonds. The van der Waals surface area contributed by atoms with Gasteiger partial charge in [-0.1, -0.05) is 18.2 Å². The van der Waals surface area contributed by atoms with Gasteiger partial charge in [0.05, 0.1) is 0 Å². The summed E-state index contributed by atoms with van der Waals surface area (Å²) in [6, 6.07) is 9.18. The number of furan rings is 1. The van der Waals surface area contributed by atoms with Crippen molar-refractivity contribution in [2.24, 2.45) is 7.05 Å². The van der Waals surface area contributed by atoms with E-state index in [9.17, 15) is 13.2 Å². The Kier molecular flexibility index (Phi) is 4.72. The smallest absolute Gasteiger partial charge is 0.289 e. The molecule has 3 aromatic rings. The highest BCUT2D eigenvalue weighted by Gasteiger charge is 2.31. The summed E-state index contributed by atoms with van der Waals surface area (Å²) in [4.78, 5) is 18.6. The van der Waals surface area contributed by atoms with Crippen molar-refractivity contribution in [2.75, 3.05) is 26.2 Å². The van der Waals surface area contributed by atoms with Crippen LogP contribution in [0.3, 0.4) is 0 Å². The minimum absolute atomic E-state index is 0.0459. The zero-order valence-electron chi connectivity index (χ0n) is 15.8. The molecular formula is C19H22N4O4S. The van der Waals surface area contributed by atoms with Crippen molar-refractivity contribution in [1.29, 1.82) is 0 Å². The fraction of sp³-hybridized carbons (Fsp3) is 0.368. The Morgan fingerprint density at radius 2 is 1.93 bits per heavy atom. The number of aryl methyl sites for hydroxylation is 2. The molecule has 0 saturated carbocycles. The summed E-state index contributed by atoms with van der Waals surface area (Å²) >= 11 is 0. The molecule has 0 spiro atoms. The number of fused-ring (bicyclic) bond motifs is 1. The van der Waals surface area contributed by atoms with E-state index in [1.54, 1.807) is 29.5 Å². The first kappa shape index (κ1) is 18.7. The first-order chi connectivity index (χ1) is 13.4. The quantitative estimate of drug-likeness (QED) is 0.669. The lowest BCUT2D eigenvalue weighted by Crippen LogP contribution is -2.37. The molecular weight excluding hydrogens is 380 g/mol. The van der Waals surface area contributed by atoms with E-state index in [-0.39, 0.29) is 23.2 Å². The number of aromatic nitrogens is 2. The van der Waals surface area contributed by atoms with Gasteiger partial charge in [-0.25, -0.2) is 13.4 Å². The molecule has 0 aliphatic carbocycles. The van der Waals surface area contributed by atoms with E-state index < -0.39 is 10.0 Å². The molecule has 1 fully saturated rings. The zero-order chi connectivity index (χ0) is 19.9. The van der Waals surface area contributed by atoms with Crippen molar-refractivity contribution >= 4 is 26.9 Å². The van der Waals surface area contributed by atoms with Crippen LogP contribution >= 0.6 is 0 Å². The Balaban J connectivity index is 1.51. The Hall–Kier alpha value is -2.65. The standard InChI is InChI=1S/C19H22N4O4S/c1-14-20-18(13-21(14)2)28(25,26)23-9-5-8-22(10-11-23)19(24)17-12-15-6-3-4-7-16(15)27-17/h3-4,6-7,12-13H,5,8-11H2,1-2H3. The molecule has 1 aromatic carbocycles. The number of nitrogens with zero attached hydrogens (tertiary/aromatic N) is 4. The van der Waals surface area contributed by atoms with E-state index in [0.29, 0.717) is 37.5 Å². The Morgan fingerprint density at radius 1 is 1.14 bits per heavy atom. The van der Waals surface area contributed by atoms with E-state index in [2.05, 4.69) is 4.98 Å². The lowest BCUT2D eigenvalue weighted by Gasteiger charge is -2.20. The van der Waals surface area contributed by atoms with E-state index >= 15 is 0 Å². The van der Waals surface area contributed by atoms with Crippen molar-refractivity contribution in [2.45, 2.75) is 18.4 Å². The maximum Gasteiger partial charge on any atom is 0.289 e. The molecule has 9 heteroatoms. The number of sulfonamides is 1. The molecule has 0 N–H and O–H groups in total. The number of imidazole rings is 1. The number of carbonyl (C=O) groups is 1. The summed E-state index contributed by atoms with van der Waals surface area (Å²) < 4.78 is 34.5. The van der Waals surface area contributed by atoms with Gasteiger partial charge in [0, 0.05) is 44.8 Å². The summed E-state index contributed by atoms with van der Waals surface area (Å²) in [6.07, 6.45) is 2.07. The number of benzene rings is 1. The molecule has 4 rings (SSSR count). The first-order valence-electron chi connectivity index (χ1n) is 9.14. The highest BCUT2D eigenvalue weighted by Crippen LogP contribution is 2.22. The van der Waals surface area contributed by atoms with Gasteiger partial charge in [0.15, 0.2) is 10.8 Å². The van der Waals surface area contributed by atoms with E-state index in [0.717, 1.165) is 5.39 Å². The predicted octanol–water partition coefficient (Wildman–Crippen LogP) is 2.01. The van der Waals surface area contributed by atoms with E-state index in [1.165, 1.54) is 10.5 Å². The van der Waals surface area contributed by atoms with Crippen LogP contribution in [-0.4, -0.2) is 59.3 Å². The molecule has 1 aliphatic rings. The molecule has 0 radical (unpaired) electrons. The van der Waals surface area contributed by atoms with Crippen LogP contribution in [0, 0.1) is 6.92 Å². The second-order valence-electron chi connectivity index (χ2n) is 6.94. The van der Waals surface area contributed by atoms with Gasteiger partial charge in [0.25, 0.3) is 15.9 Å². The average molecular weight is 402 g/mol. The number of amides is 1. The fourth-order valence-corrected chi connectivity index (χ4v) is 4.86. The third-order valence-corrected chi connectivity index (χ3v) is 6.84. The molecule has 148 valence electrons. The highest BCUT2D eigenvalue weighted by molar-refractivity contribution is 7.89. The van der Waals surface area contributed by atoms with Crippen LogP contribution in [0.1, 0.15) is 22.8 Å². The first-order valence-corrected chi connectivity index (χ1v) is 10.6. The van der Waals surface area contributed by atoms with Crippen molar-refractivity contribution < 1.29 is 17.6 Å². The van der Waals surface area contributed by atoms with Gasteiger partial charge < -0.3 is 13.9 Å². The molecule has 0 bridgehead atoms. The van der Waals surface area contributed by atoms with E-state index in [1.807, 2.05) is 24.3 Å². The summed E-state index contributed by atoms with van der Waals surface area (Å²) in [7, 11) is -1.92. The topological polar surface area (TPSA) is 88.7 Å². The number of carbonyl (C=O) groups excluding carboxylic acids is 1. The summed E-state index contributed by atoms with van der Waals surface area (Å²) in [6.45, 7) is 3.12. The van der Waals surface area contributed by atoms with Gasteiger partial charge in [-0.3, -0.25) is 4.79 Å². The van der Waals surface area contributed by atoms with Gasteiger partial charge >= 0.3 is 0 Å². The molecule has 2 aromatic heterocycles. The molecule has 28 heavy (non-hydrogen) atoms. The number of hydrogen-bond acceptors (Lipinski definition) is 5. The maximum absolute atomic E-state index is 12.9. The van der Waals surface area contributed by atoms with Crippen molar-refractivity contribution in [1.82, 2.24) is 18.8 Å². The second-order valence-corrected chi connectivity index (χ2v) is 8.82. The number of rotatable bonds is 3. The van der Waals surface area contributed by atoms with Gasteiger partial charge in [0.1, 0.15) is 11.4 Å². The normalized spacial score (nSPS) is 16.4. The third kappa shape index (κ3) is 3.31. The Morgan fingerprint density at radius 3 is 2.64 bits per heavy atom. The van der Waals surface area contributed by atoms with Crippen LogP contribution in [-0.2, 0) is 17.1 Å². The molecule has 1 saturated heterocycles. The van der Waals surface area contributed by atoms with Crippen LogP contribution in [0.25, 0.3) is 11.0 Å². The van der Waals surface area contributed by atoms with Gasteiger partial charge in [-0.05, 0) is 25.5 Å². The summed E-state index contributed by atoms with van der Waals surface area (Å²) in [5, 5.41) is 0.917. The molecule has 0 unspecified atom stereocenters. The monoisotopic (exact) mass is 402 g/mol. The lowest BCUT2D eigenvalue weighted by atomic mass is 10.2. The van der Waals surface area contributed by atoms with Crippen LogP contribution in [0.5, 0.6) is 0 Å². The summed E-state index contributed by atoms with van der Waals surface area (Å²) in [5.41, 5.74) is 0.662. The average Bonchev–Trinajstić information content (AvgIpc) is 3.15. The molecule has 3 heterocycles. The van der Waals surface area contributed by atoms with Gasteiger partial charge in [-0.2, -0.15) is 4.31 Å². The Labute approximate surface area is 163 Å². The molecule has 1 aliphatic heterocycles. The fourth-order valence-electron chi connectivity index (χ4n) is 3.36. The SMILES string of the molecule is Cc1nc(S(=O)(=O)N2CCCN(C(=O)c3cc4ccccc4o3)CC2)cn1C. The van der Waals surface area contributed by atoms with Crippen molar-refractivity contribution in [3.63, 3.8) is 0 Å². The van der Waals surface area contributed by atoms with Crippen LogP contribution < -0.4 is 0 Å². The van der Waals surface area contributed by atoms with Gasteiger partial charge in [-0.15, -0.1) is 0 Å². The van der Waals surface area contributed by atoms with Crippen LogP contribution in [0.2, 0.25) is 0 Å². The largest absolute Gasteiger partial charge is 0.451 e. The van der Waals surface area contributed by atoms with Crippen molar-refractivity contribution in [3.05, 3.63) is 48.1 Å². The number of hydrogen-bond donors (Lipinski definition) is 0. The van der Waals surface area contributed by atoms with Gasteiger partial charge in [0.2, 0.25) is 0 Å². The Bertz CT molecular complexity index is 1080. The third-order valence-electron chi connectivity index (χ3n) is 5.07. The van der Waals surface area contributed by atoms with Crippen LogP contribution in [0.15, 0.2) is 46.0 Å². The van der Waals surface area contributed by atoms with E-state index in [4.69, 9.17) is 4.42 Å². The zero-order valence-corrected chi connectivity index (χ0v) is 16.6. The highest BCUT2D eigenvalue weighted by atomic mass is 32.2. The molecule has 0 atom stereocenters. The van der Waals surface area contributed by atoms with Crippen LogP contribution in [0.4, 0.5) is 0 Å². The lowest BCUT2D eigenvalue weighted by molar-refractivity contribution is 0.0734. The maximum atomic E-state index is 12.9. The van der Waals surface area contributed by atoms with Crippen molar-refractivity contribution in [3.8, 4) is 0 Å². The second kappa shape index (κ2) is 7.06. The minimum atomic E-state index is -3.68.